The molecule has 1 fully saturated rings. The van der Waals surface area contributed by atoms with E-state index in [9.17, 15) is 4.79 Å². The minimum atomic E-state index is -0.0999. The van der Waals surface area contributed by atoms with Crippen LogP contribution in [-0.2, 0) is 11.3 Å². The van der Waals surface area contributed by atoms with Gasteiger partial charge in [0.25, 0.3) is 5.91 Å². The molecular formula is C22H28N2O4. The summed E-state index contributed by atoms with van der Waals surface area (Å²) in [6.45, 7) is 2.80. The fourth-order valence-electron chi connectivity index (χ4n) is 3.42. The van der Waals surface area contributed by atoms with Crippen LogP contribution in [-0.4, -0.2) is 50.8 Å². The van der Waals surface area contributed by atoms with Gasteiger partial charge in [0.2, 0.25) is 0 Å². The van der Waals surface area contributed by atoms with E-state index in [1.165, 1.54) is 5.56 Å². The van der Waals surface area contributed by atoms with Gasteiger partial charge in [0.05, 0.1) is 14.2 Å². The SMILES string of the molecule is COc1cccc(CN2CCC(NC(=O)COc3ccccc3OC)CC2)c1. The number of carbonyl (C=O) groups excluding carboxylic acids is 1. The summed E-state index contributed by atoms with van der Waals surface area (Å²) < 4.78 is 16.1. The Hall–Kier alpha value is -2.73. The number of amides is 1. The van der Waals surface area contributed by atoms with Gasteiger partial charge in [-0.15, -0.1) is 0 Å². The van der Waals surface area contributed by atoms with Gasteiger partial charge in [-0.25, -0.2) is 0 Å². The Balaban J connectivity index is 1.40. The highest BCUT2D eigenvalue weighted by Crippen LogP contribution is 2.25. The molecule has 0 atom stereocenters. The lowest BCUT2D eigenvalue weighted by atomic mass is 10.0. The van der Waals surface area contributed by atoms with Crippen LogP contribution < -0.4 is 19.5 Å². The summed E-state index contributed by atoms with van der Waals surface area (Å²) >= 11 is 0. The van der Waals surface area contributed by atoms with E-state index < -0.39 is 0 Å². The smallest absolute Gasteiger partial charge is 0.258 e. The van der Waals surface area contributed by atoms with Crippen molar-refractivity contribution in [3.8, 4) is 17.2 Å². The molecule has 3 rings (SSSR count). The third-order valence-corrected chi connectivity index (χ3v) is 4.92. The van der Waals surface area contributed by atoms with Crippen molar-refractivity contribution in [3.63, 3.8) is 0 Å². The van der Waals surface area contributed by atoms with E-state index >= 15 is 0 Å². The maximum atomic E-state index is 12.2. The zero-order chi connectivity index (χ0) is 19.8. The number of nitrogens with one attached hydrogen (secondary N) is 1. The van der Waals surface area contributed by atoms with Crippen LogP contribution in [0.1, 0.15) is 18.4 Å². The van der Waals surface area contributed by atoms with E-state index in [4.69, 9.17) is 14.2 Å². The molecule has 0 aromatic heterocycles. The van der Waals surface area contributed by atoms with Gasteiger partial charge in [-0.2, -0.15) is 0 Å². The Kier molecular flexibility index (Phi) is 7.14. The van der Waals surface area contributed by atoms with Crippen molar-refractivity contribution in [1.29, 1.82) is 0 Å². The first-order valence-electron chi connectivity index (χ1n) is 9.58. The van der Waals surface area contributed by atoms with E-state index in [0.29, 0.717) is 11.5 Å². The van der Waals surface area contributed by atoms with Crippen molar-refractivity contribution in [2.75, 3.05) is 33.9 Å². The lowest BCUT2D eigenvalue weighted by Gasteiger charge is -2.32. The fourth-order valence-corrected chi connectivity index (χ4v) is 3.42. The number of para-hydroxylation sites is 2. The van der Waals surface area contributed by atoms with E-state index in [1.54, 1.807) is 20.3 Å². The summed E-state index contributed by atoms with van der Waals surface area (Å²) in [6.07, 6.45) is 1.87. The zero-order valence-corrected chi connectivity index (χ0v) is 16.5. The minimum Gasteiger partial charge on any atom is -0.497 e. The maximum Gasteiger partial charge on any atom is 0.258 e. The van der Waals surface area contributed by atoms with Gasteiger partial charge < -0.3 is 19.5 Å². The predicted molar refractivity (Wildman–Crippen MR) is 108 cm³/mol. The van der Waals surface area contributed by atoms with Crippen LogP contribution in [0.15, 0.2) is 48.5 Å². The van der Waals surface area contributed by atoms with Gasteiger partial charge in [-0.1, -0.05) is 24.3 Å². The number of methoxy groups -OCH3 is 2. The highest BCUT2D eigenvalue weighted by Gasteiger charge is 2.21. The maximum absolute atomic E-state index is 12.2. The van der Waals surface area contributed by atoms with E-state index in [1.807, 2.05) is 30.3 Å². The molecule has 28 heavy (non-hydrogen) atoms. The number of ether oxygens (including phenoxy) is 3. The molecule has 0 aliphatic carbocycles. The zero-order valence-electron chi connectivity index (χ0n) is 16.5. The van der Waals surface area contributed by atoms with Crippen LogP contribution in [0.25, 0.3) is 0 Å². The van der Waals surface area contributed by atoms with E-state index in [-0.39, 0.29) is 18.6 Å². The van der Waals surface area contributed by atoms with Gasteiger partial charge in [0, 0.05) is 25.7 Å². The first kappa shape index (κ1) is 20.0. The van der Waals surface area contributed by atoms with Crippen LogP contribution in [0.4, 0.5) is 0 Å². The molecule has 6 nitrogen and oxygen atoms in total. The summed E-state index contributed by atoms with van der Waals surface area (Å²) in [5, 5.41) is 3.08. The number of piperidine rings is 1. The molecule has 2 aromatic carbocycles. The highest BCUT2D eigenvalue weighted by atomic mass is 16.5. The van der Waals surface area contributed by atoms with Crippen LogP contribution >= 0.6 is 0 Å². The number of hydrogen-bond acceptors (Lipinski definition) is 5. The van der Waals surface area contributed by atoms with Gasteiger partial charge in [-0.3, -0.25) is 9.69 Å². The molecule has 0 spiro atoms. The minimum absolute atomic E-state index is 0.00953. The summed E-state index contributed by atoms with van der Waals surface area (Å²) in [7, 11) is 3.27. The summed E-state index contributed by atoms with van der Waals surface area (Å²) in [5.74, 6) is 1.99. The standard InChI is InChI=1S/C22H28N2O4/c1-26-19-7-5-6-17(14-19)15-24-12-10-18(11-13-24)23-22(25)16-28-21-9-4-3-8-20(21)27-2/h3-9,14,18H,10-13,15-16H2,1-2H3,(H,23,25). The van der Waals surface area contributed by atoms with Crippen LogP contribution in [0.3, 0.4) is 0 Å². The molecule has 0 radical (unpaired) electrons. The Bertz CT molecular complexity index is 773. The third kappa shape index (κ3) is 5.63. The first-order valence-corrected chi connectivity index (χ1v) is 9.58. The molecule has 0 saturated carbocycles. The topological polar surface area (TPSA) is 60.0 Å². The second-order valence-corrected chi connectivity index (χ2v) is 6.91. The quantitative estimate of drug-likeness (QED) is 0.758. The fraction of sp³-hybridized carbons (Fsp3) is 0.409. The van der Waals surface area contributed by atoms with Crippen LogP contribution in [0.5, 0.6) is 17.2 Å². The molecule has 1 aliphatic rings. The van der Waals surface area contributed by atoms with E-state index in [0.717, 1.165) is 38.2 Å². The van der Waals surface area contributed by atoms with Crippen molar-refractivity contribution >= 4 is 5.91 Å². The van der Waals surface area contributed by atoms with Crippen molar-refractivity contribution < 1.29 is 19.0 Å². The molecule has 1 heterocycles. The van der Waals surface area contributed by atoms with Gasteiger partial charge in [0.1, 0.15) is 5.75 Å². The third-order valence-electron chi connectivity index (χ3n) is 4.92. The lowest BCUT2D eigenvalue weighted by molar-refractivity contribution is -0.124. The molecule has 2 aromatic rings. The first-order chi connectivity index (χ1) is 13.7. The molecule has 1 saturated heterocycles. The molecule has 1 aliphatic heterocycles. The number of hydrogen-bond donors (Lipinski definition) is 1. The lowest BCUT2D eigenvalue weighted by Crippen LogP contribution is -2.45. The summed E-state index contributed by atoms with van der Waals surface area (Å²) in [5.41, 5.74) is 1.24. The predicted octanol–water partition coefficient (Wildman–Crippen LogP) is 2.86. The van der Waals surface area contributed by atoms with Crippen molar-refractivity contribution in [1.82, 2.24) is 10.2 Å². The van der Waals surface area contributed by atoms with Crippen molar-refractivity contribution in [3.05, 3.63) is 54.1 Å². The highest BCUT2D eigenvalue weighted by molar-refractivity contribution is 5.78. The van der Waals surface area contributed by atoms with Crippen molar-refractivity contribution in [2.24, 2.45) is 0 Å². The average molecular weight is 384 g/mol. The van der Waals surface area contributed by atoms with Crippen LogP contribution in [0, 0.1) is 0 Å². The molecule has 1 amide bonds. The normalized spacial score (nSPS) is 15.1. The number of benzene rings is 2. The van der Waals surface area contributed by atoms with Gasteiger partial charge >= 0.3 is 0 Å². The monoisotopic (exact) mass is 384 g/mol. The number of likely N-dealkylation sites (tertiary alicyclic amines) is 1. The van der Waals surface area contributed by atoms with Gasteiger partial charge in [-0.05, 0) is 42.7 Å². The molecule has 6 heteroatoms. The Morgan fingerprint density at radius 2 is 1.79 bits per heavy atom. The Labute approximate surface area is 166 Å². The molecule has 1 N–H and O–H groups in total. The molecule has 0 bridgehead atoms. The molecule has 0 unspecified atom stereocenters. The van der Waals surface area contributed by atoms with Crippen LogP contribution in [0.2, 0.25) is 0 Å². The number of carbonyl (C=O) groups is 1. The average Bonchev–Trinajstić information content (AvgIpc) is 2.74. The molecular weight excluding hydrogens is 356 g/mol. The second kappa shape index (κ2) is 9.99. The summed E-state index contributed by atoms with van der Waals surface area (Å²) in [4.78, 5) is 14.6. The molecule has 150 valence electrons. The van der Waals surface area contributed by atoms with Crippen molar-refractivity contribution in [2.45, 2.75) is 25.4 Å². The van der Waals surface area contributed by atoms with Gasteiger partial charge in [0.15, 0.2) is 18.1 Å². The number of rotatable bonds is 8. The number of nitrogens with zero attached hydrogens (tertiary/aromatic N) is 1. The second-order valence-electron chi connectivity index (χ2n) is 6.91. The Morgan fingerprint density at radius 3 is 2.50 bits per heavy atom. The summed E-state index contributed by atoms with van der Waals surface area (Å²) in [6, 6.07) is 15.7. The van der Waals surface area contributed by atoms with E-state index in [2.05, 4.69) is 22.3 Å². The Morgan fingerprint density at radius 1 is 1.04 bits per heavy atom. The largest absolute Gasteiger partial charge is 0.497 e.